The molecule has 1 aliphatic heterocycles. The van der Waals surface area contributed by atoms with Crippen LogP contribution in [0.25, 0.3) is 0 Å². The first-order valence-electron chi connectivity index (χ1n) is 16.0. The van der Waals surface area contributed by atoms with E-state index in [9.17, 15) is 9.59 Å². The quantitative estimate of drug-likeness (QED) is 0.145. The number of amides is 2. The van der Waals surface area contributed by atoms with Crippen LogP contribution in [0.5, 0.6) is 5.75 Å². The normalized spacial score (nSPS) is 19.1. The molecule has 0 N–H and O–H groups in total. The lowest BCUT2D eigenvalue weighted by Gasteiger charge is -2.45. The van der Waals surface area contributed by atoms with Crippen molar-refractivity contribution in [2.24, 2.45) is 17.8 Å². The Morgan fingerprint density at radius 1 is 1.04 bits per heavy atom. The monoisotopic (exact) mass is 635 g/mol. The topological polar surface area (TPSA) is 74.3 Å². The molecule has 45 heavy (non-hydrogen) atoms. The molecule has 0 saturated carbocycles. The highest BCUT2D eigenvalue weighted by Crippen LogP contribution is 2.41. The van der Waals surface area contributed by atoms with Crippen molar-refractivity contribution in [3.05, 3.63) is 90.5 Å². The third-order valence-electron chi connectivity index (χ3n) is 9.34. The van der Waals surface area contributed by atoms with E-state index in [1.165, 1.54) is 4.90 Å². The Kier molecular flexibility index (Phi) is 12.8. The number of methoxy groups -OCH3 is 1. The average Bonchev–Trinajstić information content (AvgIpc) is 3.37. The van der Waals surface area contributed by atoms with Crippen LogP contribution >= 0.6 is 0 Å². The smallest absolute Gasteiger partial charge is 0.416 e. The summed E-state index contributed by atoms with van der Waals surface area (Å²) in [5.74, 6) is -0.330. The molecule has 0 spiro atoms. The maximum absolute atomic E-state index is 14.3. The second kappa shape index (κ2) is 15.9. The molecule has 2 unspecified atom stereocenters. The van der Waals surface area contributed by atoms with Gasteiger partial charge in [-0.25, -0.2) is 9.69 Å². The van der Waals surface area contributed by atoms with Gasteiger partial charge in [-0.05, 0) is 47.8 Å². The van der Waals surface area contributed by atoms with Crippen LogP contribution in [0.15, 0.2) is 79.4 Å². The lowest BCUT2D eigenvalue weighted by Crippen LogP contribution is -2.54. The summed E-state index contributed by atoms with van der Waals surface area (Å²) in [5, 5.41) is -0.0933. The van der Waals surface area contributed by atoms with Crippen LogP contribution in [0.2, 0.25) is 18.1 Å². The highest BCUT2D eigenvalue weighted by atomic mass is 28.4. The van der Waals surface area contributed by atoms with Gasteiger partial charge in [0.15, 0.2) is 8.32 Å². The lowest BCUT2D eigenvalue weighted by atomic mass is 9.83. The van der Waals surface area contributed by atoms with Gasteiger partial charge in [-0.1, -0.05) is 109 Å². The van der Waals surface area contributed by atoms with E-state index in [-0.39, 0.29) is 41.5 Å². The van der Waals surface area contributed by atoms with Crippen LogP contribution in [-0.2, 0) is 31.7 Å². The fourth-order valence-corrected chi connectivity index (χ4v) is 7.01. The van der Waals surface area contributed by atoms with E-state index in [2.05, 4.69) is 60.4 Å². The van der Waals surface area contributed by atoms with Gasteiger partial charge in [-0.3, -0.25) is 4.79 Å². The Morgan fingerprint density at radius 3 is 2.27 bits per heavy atom. The van der Waals surface area contributed by atoms with Crippen molar-refractivity contribution in [1.82, 2.24) is 4.90 Å². The average molecular weight is 636 g/mol. The molecule has 0 radical (unpaired) electrons. The van der Waals surface area contributed by atoms with Crippen molar-refractivity contribution in [2.45, 2.75) is 91.0 Å². The number of allylic oxidation sites excluding steroid dienone is 2. The van der Waals surface area contributed by atoms with Crippen LogP contribution in [0.4, 0.5) is 4.79 Å². The standard InChI is InChI=1S/C37H53NO6Si/c1-11-12-16-26(2)33(42-24-30-19-21-32(41-8)22-20-30)27(3)34(44-45(9,10)37(5,6)7)28(4)35(39)38-31(25-43-36(38)40)23-29-17-14-13-15-18-29/h11-22,26-28,31,33-34H,1,23-25H2,2-10H3/t26?,27-,28-,31?,33+,34+/m1/s1. The SMILES string of the molecule is C=CC=CC(C)[C@H](OCc1ccc(OC)cc1)[C@@H](C)[C@H](O[Si](C)(C)C(C)(C)C)[C@@H](C)C(=O)N1C(=O)OCC1Cc1ccccc1. The molecule has 7 nitrogen and oxygen atoms in total. The fraction of sp³-hybridized carbons (Fsp3) is 0.514. The molecular formula is C37H53NO6Si. The van der Waals surface area contributed by atoms with Gasteiger partial charge >= 0.3 is 6.09 Å². The van der Waals surface area contributed by atoms with E-state index in [1.54, 1.807) is 13.2 Å². The molecule has 2 aromatic rings. The number of nitrogens with zero attached hydrogens (tertiary/aromatic N) is 1. The third-order valence-corrected chi connectivity index (χ3v) is 13.8. The molecule has 2 amide bonds. The molecule has 1 fully saturated rings. The van der Waals surface area contributed by atoms with Crippen molar-refractivity contribution >= 4 is 20.3 Å². The molecule has 1 saturated heterocycles. The van der Waals surface area contributed by atoms with Crippen LogP contribution in [-0.4, -0.2) is 57.2 Å². The van der Waals surface area contributed by atoms with Gasteiger partial charge in [-0.15, -0.1) is 0 Å². The number of cyclic esters (lactones) is 1. The van der Waals surface area contributed by atoms with Gasteiger partial charge in [-0.2, -0.15) is 0 Å². The minimum absolute atomic E-state index is 0.00773. The summed E-state index contributed by atoms with van der Waals surface area (Å²) in [4.78, 5) is 28.7. The first kappa shape index (κ1) is 36.3. The van der Waals surface area contributed by atoms with Gasteiger partial charge in [0.25, 0.3) is 0 Å². The second-order valence-electron chi connectivity index (χ2n) is 13.7. The zero-order valence-corrected chi connectivity index (χ0v) is 29.6. The van der Waals surface area contributed by atoms with Crippen molar-refractivity contribution in [3.63, 3.8) is 0 Å². The Balaban J connectivity index is 1.96. The Bertz CT molecular complexity index is 1290. The van der Waals surface area contributed by atoms with Gasteiger partial charge in [0, 0.05) is 11.8 Å². The molecule has 1 aliphatic rings. The van der Waals surface area contributed by atoms with E-state index in [4.69, 9.17) is 18.6 Å². The summed E-state index contributed by atoms with van der Waals surface area (Å²) in [6.45, 7) is 21.5. The van der Waals surface area contributed by atoms with Crippen molar-refractivity contribution in [3.8, 4) is 5.75 Å². The number of hydrogen-bond donors (Lipinski definition) is 0. The number of carbonyl (C=O) groups is 2. The Labute approximate surface area is 271 Å². The van der Waals surface area contributed by atoms with E-state index in [0.29, 0.717) is 13.0 Å². The van der Waals surface area contributed by atoms with Crippen LogP contribution in [0.3, 0.4) is 0 Å². The van der Waals surface area contributed by atoms with E-state index in [1.807, 2.05) is 67.6 Å². The minimum atomic E-state index is -2.37. The highest BCUT2D eigenvalue weighted by Gasteiger charge is 2.48. The van der Waals surface area contributed by atoms with Crippen LogP contribution < -0.4 is 4.74 Å². The molecule has 246 valence electrons. The molecule has 1 heterocycles. The summed E-state index contributed by atoms with van der Waals surface area (Å²) in [7, 11) is -0.722. The number of ether oxygens (including phenoxy) is 3. The molecule has 2 aromatic carbocycles. The maximum atomic E-state index is 14.3. The molecule has 0 aliphatic carbocycles. The minimum Gasteiger partial charge on any atom is -0.497 e. The van der Waals surface area contributed by atoms with Crippen molar-refractivity contribution in [2.75, 3.05) is 13.7 Å². The number of imide groups is 1. The number of benzene rings is 2. The Morgan fingerprint density at radius 2 is 1.69 bits per heavy atom. The number of carbonyl (C=O) groups excluding carboxylic acids is 2. The zero-order chi connectivity index (χ0) is 33.4. The van der Waals surface area contributed by atoms with Gasteiger partial charge < -0.3 is 18.6 Å². The predicted octanol–water partition coefficient (Wildman–Crippen LogP) is 8.21. The number of rotatable bonds is 15. The summed E-state index contributed by atoms with van der Waals surface area (Å²) in [5.41, 5.74) is 2.06. The zero-order valence-electron chi connectivity index (χ0n) is 28.6. The van der Waals surface area contributed by atoms with Crippen molar-refractivity contribution in [1.29, 1.82) is 0 Å². The van der Waals surface area contributed by atoms with E-state index < -0.39 is 26.4 Å². The molecule has 3 rings (SSSR count). The maximum Gasteiger partial charge on any atom is 0.416 e. The third kappa shape index (κ3) is 9.41. The fourth-order valence-electron chi connectivity index (χ4n) is 5.56. The predicted molar refractivity (Wildman–Crippen MR) is 183 cm³/mol. The molecule has 0 aromatic heterocycles. The van der Waals surface area contributed by atoms with Crippen molar-refractivity contribution < 1.29 is 28.2 Å². The lowest BCUT2D eigenvalue weighted by molar-refractivity contribution is -0.139. The first-order valence-corrected chi connectivity index (χ1v) is 18.9. The molecule has 6 atom stereocenters. The van der Waals surface area contributed by atoms with Crippen LogP contribution in [0.1, 0.15) is 52.7 Å². The molecular weight excluding hydrogens is 582 g/mol. The highest BCUT2D eigenvalue weighted by molar-refractivity contribution is 6.74. The molecule has 8 heteroatoms. The van der Waals surface area contributed by atoms with Gasteiger partial charge in [0.1, 0.15) is 12.4 Å². The summed E-state index contributed by atoms with van der Waals surface area (Å²) < 4.78 is 24.5. The van der Waals surface area contributed by atoms with E-state index in [0.717, 1.165) is 16.9 Å². The van der Waals surface area contributed by atoms with Gasteiger partial charge in [0.2, 0.25) is 5.91 Å². The largest absolute Gasteiger partial charge is 0.497 e. The summed E-state index contributed by atoms with van der Waals surface area (Å²) in [6, 6.07) is 17.3. The molecule has 0 bridgehead atoms. The summed E-state index contributed by atoms with van der Waals surface area (Å²) in [6.07, 6.45) is 4.89. The second-order valence-corrected chi connectivity index (χ2v) is 18.5. The number of hydrogen-bond acceptors (Lipinski definition) is 6. The van der Waals surface area contributed by atoms with Gasteiger partial charge in [0.05, 0.1) is 37.9 Å². The Hall–Kier alpha value is -3.20. The summed E-state index contributed by atoms with van der Waals surface area (Å²) >= 11 is 0. The first-order chi connectivity index (χ1) is 21.2. The van der Waals surface area contributed by atoms with Crippen LogP contribution in [0, 0.1) is 17.8 Å². The van der Waals surface area contributed by atoms with E-state index >= 15 is 0 Å².